The van der Waals surface area contributed by atoms with E-state index in [1.807, 2.05) is 0 Å². The van der Waals surface area contributed by atoms with E-state index in [1.165, 1.54) is 4.90 Å². The molecule has 176 valence electrons. The van der Waals surface area contributed by atoms with E-state index in [2.05, 4.69) is 10.6 Å². The highest BCUT2D eigenvalue weighted by molar-refractivity contribution is 5.95. The van der Waals surface area contributed by atoms with Gasteiger partial charge in [-0.1, -0.05) is 0 Å². The van der Waals surface area contributed by atoms with Crippen LogP contribution >= 0.6 is 0 Å². The molecule has 0 aliphatic carbocycles. The standard InChI is InChI=1S/C18H31N5O8/c19-6-2-1-4-11(18(30)31)21-15(27)12(8-14(25)26)22-16(28)13-5-3-7-23(13)17(29)10(20)9-24/h10-13,24H,1-9,19-20H2,(H,21,27)(H,22,28)(H,25,26)(H,30,31). The minimum atomic E-state index is -1.54. The Morgan fingerprint density at radius 2 is 1.74 bits per heavy atom. The molecule has 1 saturated heterocycles. The van der Waals surface area contributed by atoms with Gasteiger partial charge in [-0.25, -0.2) is 4.79 Å². The van der Waals surface area contributed by atoms with E-state index in [4.69, 9.17) is 21.7 Å². The first-order valence-corrected chi connectivity index (χ1v) is 10.0. The summed E-state index contributed by atoms with van der Waals surface area (Å²) in [7, 11) is 0. The minimum Gasteiger partial charge on any atom is -0.481 e. The van der Waals surface area contributed by atoms with Crippen molar-refractivity contribution >= 4 is 29.7 Å². The second-order valence-corrected chi connectivity index (χ2v) is 7.32. The van der Waals surface area contributed by atoms with Gasteiger partial charge in [-0.05, 0) is 38.6 Å². The van der Waals surface area contributed by atoms with E-state index < -0.39 is 66.9 Å². The molecule has 0 aromatic heterocycles. The van der Waals surface area contributed by atoms with Crippen LogP contribution in [0.2, 0.25) is 0 Å². The number of carboxylic acid groups (broad SMARTS) is 2. The number of rotatable bonds is 13. The van der Waals surface area contributed by atoms with E-state index in [0.29, 0.717) is 25.8 Å². The van der Waals surface area contributed by atoms with Crippen molar-refractivity contribution in [1.29, 1.82) is 0 Å². The molecule has 13 heteroatoms. The lowest BCUT2D eigenvalue weighted by Gasteiger charge is -2.28. The van der Waals surface area contributed by atoms with Gasteiger partial charge in [0.25, 0.3) is 0 Å². The molecule has 0 saturated carbocycles. The molecule has 1 aliphatic heterocycles. The summed E-state index contributed by atoms with van der Waals surface area (Å²) in [6.45, 7) is -0.0222. The SMILES string of the molecule is NCCCCC(NC(=O)C(CC(=O)O)NC(=O)C1CCCN1C(=O)C(N)CO)C(=O)O. The summed E-state index contributed by atoms with van der Waals surface area (Å²) >= 11 is 0. The van der Waals surface area contributed by atoms with Crippen molar-refractivity contribution in [3.63, 3.8) is 0 Å². The maximum atomic E-state index is 12.7. The van der Waals surface area contributed by atoms with E-state index in [-0.39, 0.29) is 19.4 Å². The second kappa shape index (κ2) is 12.8. The second-order valence-electron chi connectivity index (χ2n) is 7.32. The van der Waals surface area contributed by atoms with Crippen LogP contribution in [0.4, 0.5) is 0 Å². The van der Waals surface area contributed by atoms with Gasteiger partial charge in [-0.15, -0.1) is 0 Å². The Morgan fingerprint density at radius 3 is 2.29 bits per heavy atom. The zero-order chi connectivity index (χ0) is 23.6. The molecule has 4 unspecified atom stereocenters. The van der Waals surface area contributed by atoms with Crippen LogP contribution in [0.5, 0.6) is 0 Å². The maximum Gasteiger partial charge on any atom is 0.326 e. The number of unbranched alkanes of at least 4 members (excludes halogenated alkanes) is 1. The van der Waals surface area contributed by atoms with Gasteiger partial charge < -0.3 is 42.3 Å². The van der Waals surface area contributed by atoms with Crippen molar-refractivity contribution in [2.75, 3.05) is 19.7 Å². The van der Waals surface area contributed by atoms with Crippen LogP contribution < -0.4 is 22.1 Å². The minimum absolute atomic E-state index is 0.0932. The molecule has 1 rings (SSSR count). The third-order valence-electron chi connectivity index (χ3n) is 4.93. The van der Waals surface area contributed by atoms with Crippen molar-refractivity contribution < 1.29 is 39.3 Å². The number of carbonyl (C=O) groups excluding carboxylic acids is 3. The summed E-state index contributed by atoms with van der Waals surface area (Å²) < 4.78 is 0. The molecule has 0 aromatic rings. The molecule has 1 fully saturated rings. The quantitative estimate of drug-likeness (QED) is 0.142. The van der Waals surface area contributed by atoms with Crippen molar-refractivity contribution in [1.82, 2.24) is 15.5 Å². The van der Waals surface area contributed by atoms with Crippen LogP contribution in [0.15, 0.2) is 0 Å². The summed E-state index contributed by atoms with van der Waals surface area (Å²) in [6.07, 6.45) is 1.07. The van der Waals surface area contributed by atoms with E-state index in [1.54, 1.807) is 0 Å². The van der Waals surface area contributed by atoms with E-state index in [0.717, 1.165) is 0 Å². The monoisotopic (exact) mass is 445 g/mol. The predicted octanol–water partition coefficient (Wildman–Crippen LogP) is -3.05. The number of aliphatic carboxylic acids is 2. The number of nitrogens with one attached hydrogen (secondary N) is 2. The number of carbonyl (C=O) groups is 5. The molecule has 0 spiro atoms. The maximum absolute atomic E-state index is 12.7. The predicted molar refractivity (Wildman–Crippen MR) is 106 cm³/mol. The van der Waals surface area contributed by atoms with Crippen molar-refractivity contribution in [2.45, 2.75) is 62.7 Å². The van der Waals surface area contributed by atoms with Crippen LogP contribution in [0.25, 0.3) is 0 Å². The molecule has 31 heavy (non-hydrogen) atoms. The number of nitrogens with two attached hydrogens (primary N) is 2. The summed E-state index contributed by atoms with van der Waals surface area (Å²) in [5, 5.41) is 32.0. The molecule has 0 bridgehead atoms. The topological polar surface area (TPSA) is 225 Å². The number of aliphatic hydroxyl groups is 1. The van der Waals surface area contributed by atoms with Gasteiger partial charge in [0, 0.05) is 6.54 Å². The molecular formula is C18H31N5O8. The lowest BCUT2D eigenvalue weighted by Crippen LogP contribution is -2.57. The highest BCUT2D eigenvalue weighted by Crippen LogP contribution is 2.18. The van der Waals surface area contributed by atoms with Gasteiger partial charge in [0.15, 0.2) is 0 Å². The number of amides is 3. The fourth-order valence-electron chi connectivity index (χ4n) is 3.27. The zero-order valence-corrected chi connectivity index (χ0v) is 17.2. The smallest absolute Gasteiger partial charge is 0.326 e. The average molecular weight is 445 g/mol. The molecule has 13 nitrogen and oxygen atoms in total. The largest absolute Gasteiger partial charge is 0.481 e. The molecule has 1 aliphatic rings. The summed E-state index contributed by atoms with van der Waals surface area (Å²) in [6, 6.07) is -4.98. The first kappa shape index (κ1) is 26.3. The lowest BCUT2D eigenvalue weighted by atomic mass is 10.1. The zero-order valence-electron chi connectivity index (χ0n) is 17.2. The van der Waals surface area contributed by atoms with Crippen LogP contribution in [0.1, 0.15) is 38.5 Å². The summed E-state index contributed by atoms with van der Waals surface area (Å²) in [4.78, 5) is 61.2. The number of carboxylic acids is 2. The Kier molecular flexibility index (Phi) is 10.9. The average Bonchev–Trinajstić information content (AvgIpc) is 3.20. The van der Waals surface area contributed by atoms with Crippen molar-refractivity contribution in [3.05, 3.63) is 0 Å². The molecule has 9 N–H and O–H groups in total. The Morgan fingerprint density at radius 1 is 1.06 bits per heavy atom. The highest BCUT2D eigenvalue weighted by Gasteiger charge is 2.38. The number of hydrogen-bond acceptors (Lipinski definition) is 8. The molecule has 0 aromatic carbocycles. The van der Waals surface area contributed by atoms with Gasteiger partial charge in [-0.3, -0.25) is 19.2 Å². The van der Waals surface area contributed by atoms with E-state index >= 15 is 0 Å². The third kappa shape index (κ3) is 8.11. The number of hydrogen-bond donors (Lipinski definition) is 7. The number of aliphatic hydroxyl groups excluding tert-OH is 1. The summed E-state index contributed by atoms with van der Waals surface area (Å²) in [5.74, 6) is -5.02. The lowest BCUT2D eigenvalue weighted by molar-refractivity contribution is -0.145. The molecule has 1 heterocycles. The van der Waals surface area contributed by atoms with Gasteiger partial charge in [0.1, 0.15) is 24.2 Å². The van der Waals surface area contributed by atoms with Gasteiger partial charge in [0.05, 0.1) is 13.0 Å². The Labute approximate surface area is 179 Å². The van der Waals surface area contributed by atoms with Crippen molar-refractivity contribution in [2.24, 2.45) is 11.5 Å². The normalized spacial score (nSPS) is 18.7. The van der Waals surface area contributed by atoms with E-state index in [9.17, 15) is 29.1 Å². The van der Waals surface area contributed by atoms with Crippen molar-refractivity contribution in [3.8, 4) is 0 Å². The summed E-state index contributed by atoms with van der Waals surface area (Å²) in [5.41, 5.74) is 10.9. The van der Waals surface area contributed by atoms with Crippen LogP contribution in [-0.4, -0.2) is 93.7 Å². The van der Waals surface area contributed by atoms with Gasteiger partial charge in [-0.2, -0.15) is 0 Å². The number of nitrogens with zero attached hydrogens (tertiary/aromatic N) is 1. The Hall–Kier alpha value is -2.77. The Bertz CT molecular complexity index is 673. The fourth-order valence-corrected chi connectivity index (χ4v) is 3.27. The van der Waals surface area contributed by atoms with Gasteiger partial charge >= 0.3 is 11.9 Å². The van der Waals surface area contributed by atoms with Gasteiger partial charge in [0.2, 0.25) is 17.7 Å². The highest BCUT2D eigenvalue weighted by atomic mass is 16.4. The molecular weight excluding hydrogens is 414 g/mol. The van der Waals surface area contributed by atoms with Crippen LogP contribution in [-0.2, 0) is 24.0 Å². The first-order chi connectivity index (χ1) is 14.6. The molecule has 0 radical (unpaired) electrons. The Balaban J connectivity index is 2.87. The fraction of sp³-hybridized carbons (Fsp3) is 0.722. The first-order valence-electron chi connectivity index (χ1n) is 10.0. The van der Waals surface area contributed by atoms with Crippen LogP contribution in [0.3, 0.4) is 0 Å². The van der Waals surface area contributed by atoms with Crippen LogP contribution in [0, 0.1) is 0 Å². The third-order valence-corrected chi connectivity index (χ3v) is 4.93. The number of likely N-dealkylation sites (tertiary alicyclic amines) is 1. The molecule has 3 amide bonds. The molecule has 4 atom stereocenters.